The highest BCUT2D eigenvalue weighted by Gasteiger charge is 2.20. The fraction of sp³-hybridized carbons (Fsp3) is 0.538. The lowest BCUT2D eigenvalue weighted by atomic mass is 10.3. The Morgan fingerprint density at radius 2 is 2.00 bits per heavy atom. The predicted molar refractivity (Wildman–Crippen MR) is 75.9 cm³/mol. The second-order valence-electron chi connectivity index (χ2n) is 4.18. The van der Waals surface area contributed by atoms with E-state index in [1.165, 1.54) is 6.07 Å². The number of aryl methyl sites for hydroxylation is 1. The zero-order valence-corrected chi connectivity index (χ0v) is 12.9. The number of ether oxygens (including phenoxy) is 1. The number of hydrogen-bond acceptors (Lipinski definition) is 4. The topological polar surface area (TPSA) is 58.6 Å². The molecule has 0 unspecified atom stereocenters. The number of rotatable bonds is 7. The van der Waals surface area contributed by atoms with Gasteiger partial charge in [-0.1, -0.05) is 0 Å². The van der Waals surface area contributed by atoms with Crippen LogP contribution in [-0.4, -0.2) is 43.0 Å². The minimum atomic E-state index is -3.00. The minimum absolute atomic E-state index is 0.0418. The van der Waals surface area contributed by atoms with E-state index in [4.69, 9.17) is 0 Å². The van der Waals surface area contributed by atoms with Crippen molar-refractivity contribution in [2.75, 3.05) is 19.6 Å². The average Bonchev–Trinajstić information content (AvgIpc) is 2.77. The van der Waals surface area contributed by atoms with Gasteiger partial charge in [-0.15, -0.1) is 11.3 Å². The van der Waals surface area contributed by atoms with Crippen LogP contribution in [0.15, 0.2) is 6.07 Å². The van der Waals surface area contributed by atoms with Crippen LogP contribution < -0.4 is 10.1 Å². The lowest BCUT2D eigenvalue weighted by molar-refractivity contribution is -0.129. The van der Waals surface area contributed by atoms with Crippen molar-refractivity contribution in [3.63, 3.8) is 0 Å². The Morgan fingerprint density at radius 1 is 1.38 bits per heavy atom. The molecule has 8 heteroatoms. The molecule has 0 saturated heterocycles. The summed E-state index contributed by atoms with van der Waals surface area (Å²) in [6.45, 7) is 3.27. The summed E-state index contributed by atoms with van der Waals surface area (Å²) in [5.74, 6) is -0.984. The van der Waals surface area contributed by atoms with E-state index in [0.717, 1.165) is 11.3 Å². The van der Waals surface area contributed by atoms with Crippen molar-refractivity contribution in [2.45, 2.75) is 27.4 Å². The molecule has 0 aliphatic carbocycles. The zero-order chi connectivity index (χ0) is 16.0. The molecule has 21 heavy (non-hydrogen) atoms. The van der Waals surface area contributed by atoms with E-state index in [1.54, 1.807) is 11.8 Å². The second-order valence-corrected chi connectivity index (χ2v) is 5.43. The van der Waals surface area contributed by atoms with Crippen LogP contribution in [0.25, 0.3) is 0 Å². The van der Waals surface area contributed by atoms with E-state index in [0.29, 0.717) is 18.0 Å². The predicted octanol–water partition coefficient (Wildman–Crippen LogP) is 2.26. The van der Waals surface area contributed by atoms with Crippen LogP contribution in [0.2, 0.25) is 0 Å². The molecule has 1 N–H and O–H groups in total. The SMILES string of the molecule is CCN(CC)C(=O)CNC(=O)c1sc(C)cc1OC(F)F. The minimum Gasteiger partial charge on any atom is -0.433 e. The van der Waals surface area contributed by atoms with Crippen molar-refractivity contribution in [1.29, 1.82) is 0 Å². The molecule has 0 aliphatic heterocycles. The number of carbonyl (C=O) groups excluding carboxylic acids is 2. The molecule has 0 spiro atoms. The molecule has 118 valence electrons. The molecule has 2 amide bonds. The molecule has 0 aliphatic rings. The lowest BCUT2D eigenvalue weighted by Crippen LogP contribution is -2.39. The van der Waals surface area contributed by atoms with Gasteiger partial charge in [0.05, 0.1) is 6.54 Å². The number of nitrogens with one attached hydrogen (secondary N) is 1. The van der Waals surface area contributed by atoms with Crippen molar-refractivity contribution in [3.8, 4) is 5.75 Å². The number of halogens is 2. The number of alkyl halides is 2. The van der Waals surface area contributed by atoms with Crippen molar-refractivity contribution in [2.24, 2.45) is 0 Å². The van der Waals surface area contributed by atoms with Crippen molar-refractivity contribution in [3.05, 3.63) is 15.8 Å². The molecule has 0 bridgehead atoms. The van der Waals surface area contributed by atoms with Gasteiger partial charge in [0.1, 0.15) is 10.6 Å². The third kappa shape index (κ3) is 4.96. The van der Waals surface area contributed by atoms with Crippen LogP contribution in [0.5, 0.6) is 5.75 Å². The summed E-state index contributed by atoms with van der Waals surface area (Å²) in [5.41, 5.74) is 0. The highest BCUT2D eigenvalue weighted by molar-refractivity contribution is 7.14. The van der Waals surface area contributed by atoms with Crippen molar-refractivity contribution >= 4 is 23.2 Å². The van der Waals surface area contributed by atoms with Crippen LogP contribution >= 0.6 is 11.3 Å². The normalized spacial score (nSPS) is 10.6. The monoisotopic (exact) mass is 320 g/mol. The third-order valence-corrected chi connectivity index (χ3v) is 3.79. The number of nitrogens with zero attached hydrogens (tertiary/aromatic N) is 1. The third-order valence-electron chi connectivity index (χ3n) is 2.76. The summed E-state index contributed by atoms with van der Waals surface area (Å²) in [6.07, 6.45) is 0. The zero-order valence-electron chi connectivity index (χ0n) is 12.1. The van der Waals surface area contributed by atoms with Crippen LogP contribution in [0.4, 0.5) is 8.78 Å². The molecule has 0 atom stereocenters. The summed E-state index contributed by atoms with van der Waals surface area (Å²) in [7, 11) is 0. The summed E-state index contributed by atoms with van der Waals surface area (Å²) >= 11 is 1.04. The van der Waals surface area contributed by atoms with Crippen LogP contribution in [0.3, 0.4) is 0 Å². The Hall–Kier alpha value is -1.70. The quantitative estimate of drug-likeness (QED) is 0.838. The van der Waals surface area contributed by atoms with Gasteiger partial charge in [-0.2, -0.15) is 8.78 Å². The van der Waals surface area contributed by atoms with Gasteiger partial charge in [-0.05, 0) is 26.8 Å². The molecule has 1 aromatic rings. The molecule has 5 nitrogen and oxygen atoms in total. The van der Waals surface area contributed by atoms with Gasteiger partial charge in [0.25, 0.3) is 5.91 Å². The second kappa shape index (κ2) is 7.92. The van der Waals surface area contributed by atoms with E-state index in [-0.39, 0.29) is 23.1 Å². The molecular weight excluding hydrogens is 302 g/mol. The number of hydrogen-bond donors (Lipinski definition) is 1. The van der Waals surface area contributed by atoms with Crippen molar-refractivity contribution < 1.29 is 23.1 Å². The van der Waals surface area contributed by atoms with Gasteiger partial charge in [-0.3, -0.25) is 9.59 Å². The van der Waals surface area contributed by atoms with Gasteiger partial charge in [0.15, 0.2) is 0 Å². The lowest BCUT2D eigenvalue weighted by Gasteiger charge is -2.18. The Morgan fingerprint density at radius 3 is 2.52 bits per heavy atom. The largest absolute Gasteiger partial charge is 0.433 e. The van der Waals surface area contributed by atoms with Gasteiger partial charge < -0.3 is 15.0 Å². The van der Waals surface area contributed by atoms with Gasteiger partial charge >= 0.3 is 6.61 Å². The summed E-state index contributed by atoms with van der Waals surface area (Å²) in [6, 6.07) is 1.37. The molecule has 0 radical (unpaired) electrons. The molecular formula is C13H18F2N2O3S. The van der Waals surface area contributed by atoms with Gasteiger partial charge in [0, 0.05) is 18.0 Å². The summed E-state index contributed by atoms with van der Waals surface area (Å²) in [4.78, 5) is 26.0. The number of thiophene rings is 1. The molecule has 1 rings (SSSR count). The van der Waals surface area contributed by atoms with E-state index in [1.807, 2.05) is 13.8 Å². The highest BCUT2D eigenvalue weighted by atomic mass is 32.1. The molecule has 0 saturated carbocycles. The Balaban J connectivity index is 2.70. The van der Waals surface area contributed by atoms with E-state index in [2.05, 4.69) is 10.1 Å². The molecule has 0 fully saturated rings. The maximum atomic E-state index is 12.3. The molecule has 0 aromatic carbocycles. The van der Waals surface area contributed by atoms with Crippen LogP contribution in [0, 0.1) is 6.92 Å². The number of amides is 2. The first-order valence-electron chi connectivity index (χ1n) is 6.50. The molecule has 1 aromatic heterocycles. The summed E-state index contributed by atoms with van der Waals surface area (Å²) < 4.78 is 28.9. The van der Waals surface area contributed by atoms with Crippen LogP contribution in [0.1, 0.15) is 28.4 Å². The Bertz CT molecular complexity index is 502. The van der Waals surface area contributed by atoms with Gasteiger partial charge in [-0.25, -0.2) is 0 Å². The first-order chi connectivity index (χ1) is 9.88. The van der Waals surface area contributed by atoms with E-state index in [9.17, 15) is 18.4 Å². The van der Waals surface area contributed by atoms with Crippen molar-refractivity contribution in [1.82, 2.24) is 10.2 Å². The van der Waals surface area contributed by atoms with Crippen LogP contribution in [-0.2, 0) is 4.79 Å². The standard InChI is InChI=1S/C13H18F2N2O3S/c1-4-17(5-2)10(18)7-16-12(19)11-9(20-13(14)15)6-8(3)21-11/h6,13H,4-5,7H2,1-3H3,(H,16,19). The highest BCUT2D eigenvalue weighted by Crippen LogP contribution is 2.30. The van der Waals surface area contributed by atoms with Gasteiger partial charge in [0.2, 0.25) is 5.91 Å². The summed E-state index contributed by atoms with van der Waals surface area (Å²) in [5, 5.41) is 2.43. The maximum Gasteiger partial charge on any atom is 0.387 e. The van der Waals surface area contributed by atoms with E-state index >= 15 is 0 Å². The Kier molecular flexibility index (Phi) is 6.54. The first kappa shape index (κ1) is 17.4. The van der Waals surface area contributed by atoms with E-state index < -0.39 is 12.5 Å². The first-order valence-corrected chi connectivity index (χ1v) is 7.31. The smallest absolute Gasteiger partial charge is 0.387 e. The fourth-order valence-corrected chi connectivity index (χ4v) is 2.62. The number of carbonyl (C=O) groups is 2. The fourth-order valence-electron chi connectivity index (χ4n) is 1.76. The number of likely N-dealkylation sites (N-methyl/N-ethyl adjacent to an activating group) is 1. The molecule has 1 heterocycles. The maximum absolute atomic E-state index is 12.3. The average molecular weight is 320 g/mol. The Labute approximate surface area is 125 Å².